The summed E-state index contributed by atoms with van der Waals surface area (Å²) >= 11 is 4.95. The molecular formula is C45H40N6O4S3. The Balaban J connectivity index is 0.000000184. The van der Waals surface area contributed by atoms with Crippen LogP contribution in [0.3, 0.4) is 0 Å². The molecule has 0 unspecified atom stereocenters. The number of carbonyl (C=O) groups excluding carboxylic acids is 2. The van der Waals surface area contributed by atoms with Gasteiger partial charge in [-0.1, -0.05) is 102 Å². The third-order valence-electron chi connectivity index (χ3n) is 9.35. The van der Waals surface area contributed by atoms with E-state index in [-0.39, 0.29) is 34.1 Å². The molecule has 2 N–H and O–H groups in total. The van der Waals surface area contributed by atoms with Gasteiger partial charge in [-0.25, -0.2) is 9.36 Å². The predicted molar refractivity (Wildman–Crippen MR) is 236 cm³/mol. The number of rotatable bonds is 10. The summed E-state index contributed by atoms with van der Waals surface area (Å²) in [7, 11) is 0. The van der Waals surface area contributed by atoms with Gasteiger partial charge >= 0.3 is 0 Å². The zero-order valence-corrected chi connectivity index (χ0v) is 35.0. The number of aryl methyl sites for hydroxylation is 3. The SMILES string of the molecule is CCn1nc(-c2ccccc2)c(C(C)=O)c(Nc2cccc3c2Sc2ccccc2S3)c1=O.CCn1nc(-c2ccccc2)c(C(C)=O)c(Nc2ccsc2C)c1=O. The van der Waals surface area contributed by atoms with Gasteiger partial charge in [0, 0.05) is 48.7 Å². The Morgan fingerprint density at radius 1 is 0.586 bits per heavy atom. The zero-order valence-electron chi connectivity index (χ0n) is 32.5. The van der Waals surface area contributed by atoms with E-state index in [1.54, 1.807) is 34.9 Å². The largest absolute Gasteiger partial charge is 0.349 e. The number of hydrogen-bond acceptors (Lipinski definition) is 11. The van der Waals surface area contributed by atoms with Crippen molar-refractivity contribution in [3.05, 3.63) is 151 Å². The number of benzene rings is 4. The average Bonchev–Trinajstić information content (AvgIpc) is 3.65. The number of Topliss-reactive ketones (excluding diaryl/α,β-unsaturated/α-hetero) is 2. The molecule has 0 amide bonds. The van der Waals surface area contributed by atoms with Crippen LogP contribution in [0.15, 0.2) is 144 Å². The highest BCUT2D eigenvalue weighted by Crippen LogP contribution is 2.51. The topological polar surface area (TPSA) is 128 Å². The van der Waals surface area contributed by atoms with Crippen molar-refractivity contribution < 1.29 is 9.59 Å². The van der Waals surface area contributed by atoms with E-state index < -0.39 is 0 Å². The quantitative estimate of drug-likeness (QED) is 0.129. The zero-order chi connectivity index (χ0) is 40.9. The summed E-state index contributed by atoms with van der Waals surface area (Å²) in [6.07, 6.45) is 0. The molecule has 4 aromatic carbocycles. The lowest BCUT2D eigenvalue weighted by Crippen LogP contribution is -2.28. The van der Waals surface area contributed by atoms with Crippen LogP contribution in [-0.4, -0.2) is 31.1 Å². The first kappa shape index (κ1) is 40.2. The molecule has 292 valence electrons. The Morgan fingerprint density at radius 2 is 1.05 bits per heavy atom. The fourth-order valence-electron chi connectivity index (χ4n) is 6.51. The second-order valence-corrected chi connectivity index (χ2v) is 16.5. The molecule has 0 radical (unpaired) electrons. The number of aromatic nitrogens is 4. The summed E-state index contributed by atoms with van der Waals surface area (Å²) in [6, 6.07) is 35.1. The maximum atomic E-state index is 13.4. The number of anilines is 4. The van der Waals surface area contributed by atoms with Gasteiger partial charge in [0.2, 0.25) is 0 Å². The Morgan fingerprint density at radius 3 is 1.52 bits per heavy atom. The Hall–Kier alpha value is -6.02. The summed E-state index contributed by atoms with van der Waals surface area (Å²) in [5, 5.41) is 17.4. The standard InChI is InChI=1S/C26H21N3O2S2.C19H19N3O2S/c1-3-29-26(31)24(22(16(2)30)23(28-29)17-10-5-4-6-11-17)27-18-12-9-15-21-25(18)33-20-14-8-7-13-19(20)32-21;1-4-22-19(24)18(20-15-10-11-25-13(15)3)16(12(2)23)17(21-22)14-8-6-5-7-9-14/h4-15,27H,3H2,1-2H3;5-11,20H,4H2,1-3H3. The highest BCUT2D eigenvalue weighted by molar-refractivity contribution is 8.05. The van der Waals surface area contributed by atoms with Crippen LogP contribution in [0.25, 0.3) is 22.5 Å². The lowest BCUT2D eigenvalue weighted by atomic mass is 10.0. The maximum absolute atomic E-state index is 13.4. The minimum absolute atomic E-state index is 0.193. The van der Waals surface area contributed by atoms with E-state index in [2.05, 4.69) is 39.0 Å². The highest BCUT2D eigenvalue weighted by Gasteiger charge is 2.26. The van der Waals surface area contributed by atoms with Crippen molar-refractivity contribution in [3.63, 3.8) is 0 Å². The molecule has 0 bridgehead atoms. The van der Waals surface area contributed by atoms with Crippen molar-refractivity contribution in [2.24, 2.45) is 0 Å². The molecular weight excluding hydrogens is 785 g/mol. The van der Waals surface area contributed by atoms with Crippen LogP contribution in [0.1, 0.15) is 53.3 Å². The second-order valence-electron chi connectivity index (χ2n) is 13.2. The van der Waals surface area contributed by atoms with Crippen molar-refractivity contribution in [1.82, 2.24) is 19.6 Å². The van der Waals surface area contributed by atoms with Crippen LogP contribution in [0, 0.1) is 6.92 Å². The lowest BCUT2D eigenvalue weighted by Gasteiger charge is -2.22. The van der Waals surface area contributed by atoms with Gasteiger partial charge in [0.1, 0.15) is 22.8 Å². The number of ketones is 2. The molecule has 0 atom stereocenters. The molecule has 4 heterocycles. The normalized spacial score (nSPS) is 11.5. The molecule has 3 aromatic heterocycles. The number of nitrogens with zero attached hydrogens (tertiary/aromatic N) is 4. The second kappa shape index (κ2) is 17.6. The summed E-state index contributed by atoms with van der Waals surface area (Å²) in [5.74, 6) is -0.400. The molecule has 0 aliphatic carbocycles. The molecule has 8 rings (SSSR count). The fraction of sp³-hybridized carbons (Fsp3) is 0.156. The molecule has 1 aliphatic rings. The number of thiophene rings is 1. The minimum Gasteiger partial charge on any atom is -0.349 e. The lowest BCUT2D eigenvalue weighted by molar-refractivity contribution is 0.101. The van der Waals surface area contributed by atoms with E-state index >= 15 is 0 Å². The minimum atomic E-state index is -0.311. The van der Waals surface area contributed by atoms with Gasteiger partial charge in [-0.3, -0.25) is 19.2 Å². The van der Waals surface area contributed by atoms with Gasteiger partial charge in [0.05, 0.1) is 22.5 Å². The first-order valence-corrected chi connectivity index (χ1v) is 21.2. The van der Waals surface area contributed by atoms with Gasteiger partial charge in [-0.05, 0) is 70.3 Å². The third-order valence-corrected chi connectivity index (χ3v) is 12.8. The smallest absolute Gasteiger partial charge is 0.291 e. The Kier molecular flexibility index (Phi) is 12.2. The van der Waals surface area contributed by atoms with E-state index in [0.717, 1.165) is 37.2 Å². The van der Waals surface area contributed by atoms with Crippen LogP contribution in [-0.2, 0) is 13.1 Å². The molecule has 13 heteroatoms. The van der Waals surface area contributed by atoms with E-state index in [9.17, 15) is 19.2 Å². The molecule has 7 aromatic rings. The van der Waals surface area contributed by atoms with E-state index in [1.165, 1.54) is 33.0 Å². The first-order chi connectivity index (χ1) is 28.1. The predicted octanol–water partition coefficient (Wildman–Crippen LogP) is 10.7. The molecule has 58 heavy (non-hydrogen) atoms. The van der Waals surface area contributed by atoms with Gasteiger partial charge < -0.3 is 10.6 Å². The Bertz CT molecular complexity index is 2780. The van der Waals surface area contributed by atoms with Crippen molar-refractivity contribution in [3.8, 4) is 22.5 Å². The van der Waals surface area contributed by atoms with E-state index in [1.807, 2.05) is 117 Å². The molecule has 0 fully saturated rings. The molecule has 0 saturated carbocycles. The van der Waals surface area contributed by atoms with E-state index in [4.69, 9.17) is 0 Å². The van der Waals surface area contributed by atoms with Crippen molar-refractivity contribution in [1.29, 1.82) is 0 Å². The summed E-state index contributed by atoms with van der Waals surface area (Å²) in [5.41, 5.74) is 4.82. The van der Waals surface area contributed by atoms with Crippen molar-refractivity contribution in [2.45, 2.75) is 67.3 Å². The number of nitrogens with one attached hydrogen (secondary N) is 2. The number of fused-ring (bicyclic) bond motifs is 2. The third kappa shape index (κ3) is 8.19. The number of carbonyl (C=O) groups is 2. The van der Waals surface area contributed by atoms with Crippen molar-refractivity contribution >= 4 is 69.2 Å². The van der Waals surface area contributed by atoms with Crippen molar-refractivity contribution in [2.75, 3.05) is 10.6 Å². The van der Waals surface area contributed by atoms with Gasteiger partial charge in [-0.2, -0.15) is 10.2 Å². The summed E-state index contributed by atoms with van der Waals surface area (Å²) in [4.78, 5) is 57.0. The number of hydrogen-bond donors (Lipinski definition) is 2. The fourth-order valence-corrected chi connectivity index (χ4v) is 9.50. The van der Waals surface area contributed by atoms with Crippen LogP contribution in [0.5, 0.6) is 0 Å². The summed E-state index contributed by atoms with van der Waals surface area (Å²) < 4.78 is 2.79. The monoisotopic (exact) mass is 824 g/mol. The van der Waals surface area contributed by atoms with Gasteiger partial charge in [0.15, 0.2) is 11.6 Å². The maximum Gasteiger partial charge on any atom is 0.291 e. The average molecular weight is 825 g/mol. The van der Waals surface area contributed by atoms with Crippen LogP contribution < -0.4 is 21.8 Å². The molecule has 0 saturated heterocycles. The first-order valence-electron chi connectivity index (χ1n) is 18.7. The van der Waals surface area contributed by atoms with Crippen LogP contribution in [0.2, 0.25) is 0 Å². The van der Waals surface area contributed by atoms with Crippen LogP contribution in [0.4, 0.5) is 22.7 Å². The molecule has 1 aliphatic heterocycles. The molecule has 0 spiro atoms. The molecule has 10 nitrogen and oxygen atoms in total. The van der Waals surface area contributed by atoms with Gasteiger partial charge in [-0.15, -0.1) is 11.3 Å². The van der Waals surface area contributed by atoms with Crippen LogP contribution >= 0.6 is 34.9 Å². The Labute approximate surface area is 348 Å². The summed E-state index contributed by atoms with van der Waals surface area (Å²) in [6.45, 7) is 9.46. The van der Waals surface area contributed by atoms with E-state index in [0.29, 0.717) is 35.6 Å². The van der Waals surface area contributed by atoms with Gasteiger partial charge in [0.25, 0.3) is 11.1 Å². The highest BCUT2D eigenvalue weighted by atomic mass is 32.2.